The molecule has 5 nitrogen and oxygen atoms in total. The van der Waals surface area contributed by atoms with Crippen molar-refractivity contribution in [2.24, 2.45) is 5.73 Å². The average Bonchev–Trinajstić information content (AvgIpc) is 2.57. The highest BCUT2D eigenvalue weighted by Gasteiger charge is 2.21. The molecule has 0 radical (unpaired) electrons. The van der Waals surface area contributed by atoms with Crippen LogP contribution in [-0.2, 0) is 0 Å². The van der Waals surface area contributed by atoms with Gasteiger partial charge in [-0.15, -0.1) is 0 Å². The topological polar surface area (TPSA) is 88.0 Å². The number of benzene rings is 1. The second-order valence-electron chi connectivity index (χ2n) is 6.07. The molecule has 120 valence electrons. The zero-order valence-electron chi connectivity index (χ0n) is 12.9. The van der Waals surface area contributed by atoms with Gasteiger partial charge < -0.3 is 16.0 Å². The fourth-order valence-corrected chi connectivity index (χ4v) is 2.97. The van der Waals surface area contributed by atoms with Gasteiger partial charge in [-0.2, -0.15) is 0 Å². The number of hydrogen-bond acceptors (Lipinski definition) is 3. The van der Waals surface area contributed by atoms with Crippen molar-refractivity contribution in [1.82, 2.24) is 10.3 Å². The van der Waals surface area contributed by atoms with E-state index >= 15 is 0 Å². The lowest BCUT2D eigenvalue weighted by Crippen LogP contribution is -2.41. The van der Waals surface area contributed by atoms with E-state index < -0.39 is 0 Å². The van der Waals surface area contributed by atoms with Crippen LogP contribution in [0, 0.1) is 0 Å². The average molecular weight is 311 g/mol. The second-order valence-corrected chi connectivity index (χ2v) is 6.07. The maximum Gasteiger partial charge on any atom is 0.261 e. The van der Waals surface area contributed by atoms with E-state index in [2.05, 4.69) is 10.3 Å². The fraction of sp³-hybridized carbons (Fsp3) is 0.333. The quantitative estimate of drug-likeness (QED) is 0.810. The van der Waals surface area contributed by atoms with Gasteiger partial charge in [-0.3, -0.25) is 9.59 Å². The third-order valence-electron chi connectivity index (χ3n) is 4.35. The number of hydrogen-bond donors (Lipinski definition) is 3. The molecule has 1 amide bonds. The third kappa shape index (κ3) is 3.68. The van der Waals surface area contributed by atoms with Crippen LogP contribution in [-0.4, -0.2) is 23.0 Å². The molecule has 0 unspecified atom stereocenters. The van der Waals surface area contributed by atoms with Crippen LogP contribution in [0.3, 0.4) is 0 Å². The van der Waals surface area contributed by atoms with Crippen molar-refractivity contribution in [2.75, 3.05) is 0 Å². The summed E-state index contributed by atoms with van der Waals surface area (Å²) in [6.45, 7) is 0. The summed E-state index contributed by atoms with van der Waals surface area (Å²) >= 11 is 0. The normalized spacial score (nSPS) is 20.9. The summed E-state index contributed by atoms with van der Waals surface area (Å²) in [7, 11) is 0. The van der Waals surface area contributed by atoms with Gasteiger partial charge >= 0.3 is 0 Å². The highest BCUT2D eigenvalue weighted by atomic mass is 16.2. The van der Waals surface area contributed by atoms with Crippen LogP contribution in [0.15, 0.2) is 47.3 Å². The Morgan fingerprint density at radius 2 is 1.74 bits per heavy atom. The van der Waals surface area contributed by atoms with Gasteiger partial charge in [0.1, 0.15) is 5.56 Å². The van der Waals surface area contributed by atoms with Gasteiger partial charge in [0.15, 0.2) is 0 Å². The minimum atomic E-state index is -0.364. The number of nitrogens with two attached hydrogens (primary N) is 1. The number of nitrogens with one attached hydrogen (secondary N) is 2. The number of rotatable bonds is 3. The van der Waals surface area contributed by atoms with Crippen LogP contribution in [0.25, 0.3) is 11.3 Å². The van der Waals surface area contributed by atoms with Crippen molar-refractivity contribution in [2.45, 2.75) is 37.8 Å². The van der Waals surface area contributed by atoms with Crippen LogP contribution in [0.2, 0.25) is 0 Å². The molecule has 1 heterocycles. The Labute approximate surface area is 134 Å². The minimum Gasteiger partial charge on any atom is -0.349 e. The number of pyridine rings is 1. The highest BCUT2D eigenvalue weighted by molar-refractivity contribution is 5.94. The van der Waals surface area contributed by atoms with Crippen molar-refractivity contribution < 1.29 is 4.79 Å². The van der Waals surface area contributed by atoms with E-state index in [1.807, 2.05) is 30.3 Å². The predicted molar refractivity (Wildman–Crippen MR) is 90.2 cm³/mol. The van der Waals surface area contributed by atoms with Crippen molar-refractivity contribution in [1.29, 1.82) is 0 Å². The van der Waals surface area contributed by atoms with E-state index in [-0.39, 0.29) is 29.1 Å². The second kappa shape index (κ2) is 6.79. The molecule has 5 heteroatoms. The lowest BCUT2D eigenvalue weighted by molar-refractivity contribution is 0.0924. The molecule has 1 aromatic heterocycles. The third-order valence-corrected chi connectivity index (χ3v) is 4.35. The number of H-pyrrole nitrogens is 1. The lowest BCUT2D eigenvalue weighted by atomic mass is 9.91. The smallest absolute Gasteiger partial charge is 0.261 e. The maximum absolute atomic E-state index is 12.3. The molecule has 4 N–H and O–H groups in total. The van der Waals surface area contributed by atoms with E-state index in [4.69, 9.17) is 5.73 Å². The van der Waals surface area contributed by atoms with Crippen LogP contribution < -0.4 is 16.6 Å². The molecule has 23 heavy (non-hydrogen) atoms. The highest BCUT2D eigenvalue weighted by Crippen LogP contribution is 2.18. The summed E-state index contributed by atoms with van der Waals surface area (Å²) in [5, 5.41) is 2.94. The van der Waals surface area contributed by atoms with E-state index in [9.17, 15) is 9.59 Å². The Morgan fingerprint density at radius 3 is 2.39 bits per heavy atom. The van der Waals surface area contributed by atoms with Crippen LogP contribution in [0.5, 0.6) is 0 Å². The van der Waals surface area contributed by atoms with E-state index in [1.165, 1.54) is 0 Å². The molecule has 0 saturated heterocycles. The standard InChI is InChI=1S/C18H21N3O2/c19-13-6-8-14(9-7-13)20-17(22)15-10-11-16(21-18(15)23)12-4-2-1-3-5-12/h1-5,10-11,13-14H,6-9,19H2,(H,20,22)(H,21,23). The number of aromatic nitrogens is 1. The SMILES string of the molecule is NC1CCC(NC(=O)c2ccc(-c3ccccc3)[nH]c2=O)CC1. The number of carbonyl (C=O) groups excluding carboxylic acids is 1. The van der Waals surface area contributed by atoms with Gasteiger partial charge in [-0.1, -0.05) is 30.3 Å². The number of aromatic amines is 1. The molecule has 3 rings (SSSR count). The van der Waals surface area contributed by atoms with Gasteiger partial charge in [-0.25, -0.2) is 0 Å². The van der Waals surface area contributed by atoms with Crippen LogP contribution in [0.4, 0.5) is 0 Å². The van der Waals surface area contributed by atoms with Crippen molar-refractivity contribution in [3.63, 3.8) is 0 Å². The van der Waals surface area contributed by atoms with Crippen LogP contribution in [0.1, 0.15) is 36.0 Å². The Balaban J connectivity index is 1.73. The first kappa shape index (κ1) is 15.5. The van der Waals surface area contributed by atoms with Crippen molar-refractivity contribution in [3.05, 3.63) is 58.4 Å². The Kier molecular flexibility index (Phi) is 4.57. The van der Waals surface area contributed by atoms with Gasteiger partial charge in [0.05, 0.1) is 0 Å². The molecule has 1 aliphatic carbocycles. The summed E-state index contributed by atoms with van der Waals surface area (Å²) in [4.78, 5) is 27.3. The first-order valence-electron chi connectivity index (χ1n) is 7.98. The zero-order chi connectivity index (χ0) is 16.2. The summed E-state index contributed by atoms with van der Waals surface area (Å²) in [5.41, 5.74) is 7.27. The van der Waals surface area contributed by atoms with E-state index in [1.54, 1.807) is 12.1 Å². The molecule has 1 aromatic carbocycles. The molecule has 0 spiro atoms. The molecule has 0 atom stereocenters. The Hall–Kier alpha value is -2.40. The molecular weight excluding hydrogens is 290 g/mol. The molecule has 0 bridgehead atoms. The number of carbonyl (C=O) groups is 1. The van der Waals surface area contributed by atoms with Gasteiger partial charge in [0.2, 0.25) is 0 Å². The molecule has 2 aromatic rings. The molecular formula is C18H21N3O2. The molecule has 0 aliphatic heterocycles. The number of amides is 1. The van der Waals surface area contributed by atoms with E-state index in [0.29, 0.717) is 5.69 Å². The molecule has 1 fully saturated rings. The maximum atomic E-state index is 12.3. The van der Waals surface area contributed by atoms with Crippen LogP contribution >= 0.6 is 0 Å². The lowest BCUT2D eigenvalue weighted by Gasteiger charge is -2.26. The van der Waals surface area contributed by atoms with Crippen molar-refractivity contribution >= 4 is 5.91 Å². The molecule has 1 aliphatic rings. The van der Waals surface area contributed by atoms with Crippen molar-refractivity contribution in [3.8, 4) is 11.3 Å². The van der Waals surface area contributed by atoms with Gasteiger partial charge in [0.25, 0.3) is 11.5 Å². The predicted octanol–water partition coefficient (Wildman–Crippen LogP) is 2.04. The first-order chi connectivity index (χ1) is 11.1. The Bertz CT molecular complexity index is 731. The zero-order valence-corrected chi connectivity index (χ0v) is 12.9. The summed E-state index contributed by atoms with van der Waals surface area (Å²) in [5.74, 6) is -0.314. The summed E-state index contributed by atoms with van der Waals surface area (Å²) in [6.07, 6.45) is 3.56. The Morgan fingerprint density at radius 1 is 1.04 bits per heavy atom. The summed E-state index contributed by atoms with van der Waals surface area (Å²) in [6, 6.07) is 13.2. The minimum absolute atomic E-state index is 0.107. The first-order valence-corrected chi connectivity index (χ1v) is 7.98. The monoisotopic (exact) mass is 311 g/mol. The fourth-order valence-electron chi connectivity index (χ4n) is 2.97. The molecule has 1 saturated carbocycles. The van der Waals surface area contributed by atoms with Gasteiger partial charge in [-0.05, 0) is 43.4 Å². The van der Waals surface area contributed by atoms with E-state index in [0.717, 1.165) is 31.2 Å². The largest absolute Gasteiger partial charge is 0.349 e. The summed E-state index contributed by atoms with van der Waals surface area (Å²) < 4.78 is 0. The van der Waals surface area contributed by atoms with Gasteiger partial charge in [0, 0.05) is 17.8 Å².